The van der Waals surface area contributed by atoms with Crippen LogP contribution in [0.15, 0.2) is 0 Å². The van der Waals surface area contributed by atoms with Gasteiger partial charge in [0.05, 0.1) is 11.8 Å². The SMILES string of the molecule is CC(CN(C)C(=O)C1CC1(Cl)Cl)C(=O)O. The number of carboxylic acids is 1. The van der Waals surface area contributed by atoms with E-state index >= 15 is 0 Å². The fraction of sp³-hybridized carbons (Fsp3) is 0.778. The van der Waals surface area contributed by atoms with Gasteiger partial charge in [-0.3, -0.25) is 9.59 Å². The summed E-state index contributed by atoms with van der Waals surface area (Å²) in [5, 5.41) is 8.68. The molecule has 0 aromatic carbocycles. The van der Waals surface area contributed by atoms with Crippen molar-refractivity contribution < 1.29 is 14.7 Å². The minimum atomic E-state index is -0.947. The zero-order chi connectivity index (χ0) is 11.8. The number of hydrogen-bond donors (Lipinski definition) is 1. The topological polar surface area (TPSA) is 57.6 Å². The maximum absolute atomic E-state index is 11.6. The Morgan fingerprint density at radius 1 is 1.60 bits per heavy atom. The largest absolute Gasteiger partial charge is 0.481 e. The van der Waals surface area contributed by atoms with Crippen LogP contribution in [-0.2, 0) is 9.59 Å². The number of nitrogens with zero attached hydrogens (tertiary/aromatic N) is 1. The van der Waals surface area contributed by atoms with Crippen molar-refractivity contribution in [3.63, 3.8) is 0 Å². The first-order valence-corrected chi connectivity index (χ1v) is 5.37. The van der Waals surface area contributed by atoms with Crippen molar-refractivity contribution in [2.45, 2.75) is 17.7 Å². The van der Waals surface area contributed by atoms with E-state index in [0.717, 1.165) is 0 Å². The highest BCUT2D eigenvalue weighted by Crippen LogP contribution is 2.53. The van der Waals surface area contributed by atoms with Crippen LogP contribution in [0.5, 0.6) is 0 Å². The fourth-order valence-corrected chi connectivity index (χ4v) is 1.82. The number of halogens is 2. The quantitative estimate of drug-likeness (QED) is 0.770. The van der Waals surface area contributed by atoms with Gasteiger partial charge in [0.15, 0.2) is 0 Å². The highest BCUT2D eigenvalue weighted by Gasteiger charge is 2.57. The molecular formula is C9H13Cl2NO3. The van der Waals surface area contributed by atoms with Crippen molar-refractivity contribution in [3.8, 4) is 0 Å². The Balaban J connectivity index is 2.45. The third-order valence-electron chi connectivity index (χ3n) is 2.47. The zero-order valence-electron chi connectivity index (χ0n) is 8.54. The Hall–Kier alpha value is -0.480. The summed E-state index contributed by atoms with van der Waals surface area (Å²) in [5.74, 6) is -2.08. The van der Waals surface area contributed by atoms with Gasteiger partial charge in [-0.2, -0.15) is 0 Å². The van der Waals surface area contributed by atoms with Crippen LogP contribution in [0.1, 0.15) is 13.3 Å². The Labute approximate surface area is 98.1 Å². The summed E-state index contributed by atoms with van der Waals surface area (Å²) in [6.07, 6.45) is 0.445. The van der Waals surface area contributed by atoms with E-state index < -0.39 is 16.2 Å². The van der Waals surface area contributed by atoms with Gasteiger partial charge in [-0.25, -0.2) is 0 Å². The standard InChI is InChI=1S/C9H13Cl2NO3/c1-5(8(14)15)4-12(2)7(13)6-3-9(6,10)11/h5-6H,3-4H2,1-2H3,(H,14,15). The fourth-order valence-electron chi connectivity index (χ4n) is 1.33. The summed E-state index contributed by atoms with van der Waals surface area (Å²) in [5.41, 5.74) is 0. The van der Waals surface area contributed by atoms with E-state index in [-0.39, 0.29) is 18.4 Å². The first-order valence-electron chi connectivity index (χ1n) is 4.61. The molecule has 0 aromatic heterocycles. The van der Waals surface area contributed by atoms with Crippen LogP contribution in [0, 0.1) is 11.8 Å². The van der Waals surface area contributed by atoms with E-state index in [0.29, 0.717) is 6.42 Å². The highest BCUT2D eigenvalue weighted by molar-refractivity contribution is 6.52. The lowest BCUT2D eigenvalue weighted by Gasteiger charge is -2.19. The van der Waals surface area contributed by atoms with Gasteiger partial charge in [0.2, 0.25) is 5.91 Å². The molecule has 1 rings (SSSR count). The Morgan fingerprint density at radius 2 is 2.07 bits per heavy atom. The molecule has 0 saturated heterocycles. The molecule has 0 aromatic rings. The van der Waals surface area contributed by atoms with Gasteiger partial charge >= 0.3 is 5.97 Å². The molecule has 0 bridgehead atoms. The molecule has 1 N–H and O–H groups in total. The molecule has 4 nitrogen and oxygen atoms in total. The van der Waals surface area contributed by atoms with Gasteiger partial charge in [0.25, 0.3) is 0 Å². The lowest BCUT2D eigenvalue weighted by atomic mass is 10.1. The second kappa shape index (κ2) is 4.18. The van der Waals surface area contributed by atoms with Crippen molar-refractivity contribution in [2.24, 2.45) is 11.8 Å². The minimum Gasteiger partial charge on any atom is -0.481 e. The predicted octanol–water partition coefficient (Wildman–Crippen LogP) is 1.36. The average molecular weight is 254 g/mol. The van der Waals surface area contributed by atoms with E-state index in [1.54, 1.807) is 14.0 Å². The number of rotatable bonds is 4. The number of aliphatic carboxylic acids is 1. The normalized spacial score (nSPS) is 24.4. The molecule has 1 saturated carbocycles. The summed E-state index contributed by atoms with van der Waals surface area (Å²) < 4.78 is -0.947. The summed E-state index contributed by atoms with van der Waals surface area (Å²) in [7, 11) is 1.56. The Morgan fingerprint density at radius 3 is 2.40 bits per heavy atom. The van der Waals surface area contributed by atoms with Crippen LogP contribution >= 0.6 is 23.2 Å². The Kier molecular flexibility index (Phi) is 3.51. The van der Waals surface area contributed by atoms with Gasteiger partial charge in [0.1, 0.15) is 4.33 Å². The van der Waals surface area contributed by atoms with Gasteiger partial charge < -0.3 is 10.0 Å². The zero-order valence-corrected chi connectivity index (χ0v) is 10.0. The second-order valence-corrected chi connectivity index (χ2v) is 5.52. The first kappa shape index (κ1) is 12.6. The van der Waals surface area contributed by atoms with E-state index in [1.165, 1.54) is 4.90 Å². The summed E-state index contributed by atoms with van der Waals surface area (Å²) in [4.78, 5) is 23.6. The molecule has 15 heavy (non-hydrogen) atoms. The molecule has 2 atom stereocenters. The lowest BCUT2D eigenvalue weighted by molar-refractivity contribution is -0.142. The maximum Gasteiger partial charge on any atom is 0.308 e. The number of alkyl halides is 2. The van der Waals surface area contributed by atoms with Crippen LogP contribution in [0.2, 0.25) is 0 Å². The van der Waals surface area contributed by atoms with Crippen LogP contribution < -0.4 is 0 Å². The Bertz CT molecular complexity index is 293. The predicted molar refractivity (Wildman–Crippen MR) is 57.0 cm³/mol. The summed E-state index contributed by atoms with van der Waals surface area (Å²) in [6, 6.07) is 0. The van der Waals surface area contributed by atoms with Crippen LogP contribution in [0.25, 0.3) is 0 Å². The number of carboxylic acid groups (broad SMARTS) is 1. The van der Waals surface area contributed by atoms with E-state index in [9.17, 15) is 9.59 Å². The number of carbonyl (C=O) groups excluding carboxylic acids is 1. The van der Waals surface area contributed by atoms with E-state index in [2.05, 4.69) is 0 Å². The van der Waals surface area contributed by atoms with Gasteiger partial charge in [0, 0.05) is 13.6 Å². The van der Waals surface area contributed by atoms with Crippen molar-refractivity contribution in [2.75, 3.05) is 13.6 Å². The molecule has 6 heteroatoms. The van der Waals surface area contributed by atoms with Crippen molar-refractivity contribution in [1.82, 2.24) is 4.90 Å². The summed E-state index contributed by atoms with van der Waals surface area (Å²) in [6.45, 7) is 1.72. The molecule has 2 unspecified atom stereocenters. The number of amides is 1. The minimum absolute atomic E-state index is 0.175. The lowest BCUT2D eigenvalue weighted by Crippen LogP contribution is -2.35. The molecule has 86 valence electrons. The monoisotopic (exact) mass is 253 g/mol. The van der Waals surface area contributed by atoms with Gasteiger partial charge in [-0.1, -0.05) is 6.92 Å². The average Bonchev–Trinajstić information content (AvgIpc) is 2.73. The first-order chi connectivity index (χ1) is 6.75. The van der Waals surface area contributed by atoms with E-state index in [1.807, 2.05) is 0 Å². The number of hydrogen-bond acceptors (Lipinski definition) is 2. The van der Waals surface area contributed by atoms with Crippen molar-refractivity contribution >= 4 is 35.1 Å². The molecule has 1 aliphatic rings. The van der Waals surface area contributed by atoms with Crippen molar-refractivity contribution in [3.05, 3.63) is 0 Å². The molecule has 0 aliphatic heterocycles. The highest BCUT2D eigenvalue weighted by atomic mass is 35.5. The molecule has 0 radical (unpaired) electrons. The summed E-state index contributed by atoms with van der Waals surface area (Å²) >= 11 is 11.5. The van der Waals surface area contributed by atoms with Crippen LogP contribution in [0.3, 0.4) is 0 Å². The van der Waals surface area contributed by atoms with Crippen LogP contribution in [0.4, 0.5) is 0 Å². The third-order valence-corrected chi connectivity index (χ3v) is 3.31. The molecule has 1 fully saturated rings. The molecule has 0 spiro atoms. The van der Waals surface area contributed by atoms with Gasteiger partial charge in [-0.05, 0) is 6.42 Å². The number of carbonyl (C=O) groups is 2. The van der Waals surface area contributed by atoms with Crippen molar-refractivity contribution in [1.29, 1.82) is 0 Å². The third kappa shape index (κ3) is 2.98. The second-order valence-electron chi connectivity index (χ2n) is 3.98. The maximum atomic E-state index is 11.6. The van der Waals surface area contributed by atoms with Crippen LogP contribution in [-0.4, -0.2) is 39.8 Å². The van der Waals surface area contributed by atoms with Gasteiger partial charge in [-0.15, -0.1) is 23.2 Å². The van der Waals surface area contributed by atoms with E-state index in [4.69, 9.17) is 28.3 Å². The molecular weight excluding hydrogens is 241 g/mol. The molecule has 1 aliphatic carbocycles. The molecule has 0 heterocycles. The molecule has 1 amide bonds. The smallest absolute Gasteiger partial charge is 0.308 e.